The predicted molar refractivity (Wildman–Crippen MR) is 153 cm³/mol. The number of ether oxygens (including phenoxy) is 3. The maximum absolute atomic E-state index is 11.3. The Labute approximate surface area is 236 Å². The maximum atomic E-state index is 11.3. The molecular weight excluding hydrogens is 534 g/mol. The third-order valence-electron chi connectivity index (χ3n) is 7.04. The number of morpholine rings is 2. The fourth-order valence-corrected chi connectivity index (χ4v) is 5.06. The van der Waals surface area contributed by atoms with Crippen LogP contribution >= 0.6 is 11.6 Å². The molecule has 0 radical (unpaired) electrons. The summed E-state index contributed by atoms with van der Waals surface area (Å²) in [6, 6.07) is 15.0. The highest BCUT2D eigenvalue weighted by atomic mass is 35.5. The molecule has 2 saturated heterocycles. The van der Waals surface area contributed by atoms with E-state index in [0.29, 0.717) is 73.9 Å². The summed E-state index contributed by atoms with van der Waals surface area (Å²) in [5.74, 6) is 2.51. The van der Waals surface area contributed by atoms with Gasteiger partial charge in [0.15, 0.2) is 11.5 Å². The van der Waals surface area contributed by atoms with Crippen LogP contribution < -0.4 is 14.5 Å². The van der Waals surface area contributed by atoms with Crippen molar-refractivity contribution >= 4 is 45.8 Å². The molecule has 11 nitrogen and oxygen atoms in total. The van der Waals surface area contributed by atoms with Crippen molar-refractivity contribution < 1.29 is 19.3 Å². The van der Waals surface area contributed by atoms with Gasteiger partial charge in [0.2, 0.25) is 11.8 Å². The molecular formula is C28H30ClN7O4. The minimum absolute atomic E-state index is 0.00676. The van der Waals surface area contributed by atoms with Gasteiger partial charge in [-0.2, -0.15) is 9.97 Å². The van der Waals surface area contributed by atoms with Gasteiger partial charge in [-0.3, -0.25) is 0 Å². The highest BCUT2D eigenvalue weighted by molar-refractivity contribution is 6.31. The lowest BCUT2D eigenvalue weighted by Gasteiger charge is -2.30. The normalized spacial score (nSPS) is 16.2. The third kappa shape index (κ3) is 5.53. The molecule has 0 bridgehead atoms. The molecule has 2 aromatic carbocycles. The molecule has 40 heavy (non-hydrogen) atoms. The molecule has 0 aliphatic carbocycles. The first kappa shape index (κ1) is 26.3. The molecule has 2 aromatic heterocycles. The van der Waals surface area contributed by atoms with Gasteiger partial charge in [-0.15, -0.1) is 10.2 Å². The van der Waals surface area contributed by atoms with Gasteiger partial charge in [0, 0.05) is 42.7 Å². The van der Waals surface area contributed by atoms with Gasteiger partial charge in [-0.05, 0) is 35.9 Å². The number of aromatic nitrogens is 3. The Kier molecular flexibility index (Phi) is 7.67. The van der Waals surface area contributed by atoms with Crippen LogP contribution in [0.4, 0.5) is 23.3 Å². The van der Waals surface area contributed by atoms with Crippen LogP contribution in [-0.2, 0) is 16.0 Å². The number of hydrogen-bond acceptors (Lipinski definition) is 10. The Morgan fingerprint density at radius 2 is 1.60 bits per heavy atom. The standard InChI is InChI=1S/C28H30ClN7O4/c1-38-21-5-2-19(3-6-21)18-36-23-7-4-20(29)16-22(23)26(27(36)37)33-32-24-17-25(34-8-12-39-13-9-34)31-28(30-24)35-10-14-40-15-11-35/h2-7,16-17,37H,8-15,18H2,1H3. The van der Waals surface area contributed by atoms with E-state index in [1.54, 1.807) is 23.8 Å². The first-order valence-electron chi connectivity index (χ1n) is 13.2. The SMILES string of the molecule is COc1ccc(Cn2c(O)c(N=Nc3cc(N4CCOCC4)nc(N4CCOCC4)n3)c3cc(Cl)ccc32)cc1. The van der Waals surface area contributed by atoms with Crippen LogP contribution in [0.25, 0.3) is 10.9 Å². The number of rotatable bonds is 7. The van der Waals surface area contributed by atoms with Gasteiger partial charge in [0.25, 0.3) is 0 Å². The highest BCUT2D eigenvalue weighted by Crippen LogP contribution is 2.41. The quantitative estimate of drug-likeness (QED) is 0.315. The van der Waals surface area contributed by atoms with Crippen molar-refractivity contribution in [2.75, 3.05) is 69.5 Å². The number of fused-ring (bicyclic) bond motifs is 1. The zero-order valence-corrected chi connectivity index (χ0v) is 22.9. The predicted octanol–water partition coefficient (Wildman–Crippen LogP) is 4.94. The van der Waals surface area contributed by atoms with Crippen molar-refractivity contribution in [3.8, 4) is 11.6 Å². The highest BCUT2D eigenvalue weighted by Gasteiger charge is 2.21. The van der Waals surface area contributed by atoms with Crippen molar-refractivity contribution in [2.45, 2.75) is 6.54 Å². The molecule has 0 saturated carbocycles. The smallest absolute Gasteiger partial charge is 0.229 e. The molecule has 0 unspecified atom stereocenters. The molecule has 4 aromatic rings. The second kappa shape index (κ2) is 11.7. The molecule has 1 N–H and O–H groups in total. The van der Waals surface area contributed by atoms with Crippen LogP contribution in [0.5, 0.6) is 11.6 Å². The first-order valence-corrected chi connectivity index (χ1v) is 13.6. The van der Waals surface area contributed by atoms with Crippen molar-refractivity contribution in [3.63, 3.8) is 0 Å². The number of azo groups is 1. The van der Waals surface area contributed by atoms with Gasteiger partial charge in [-0.25, -0.2) is 0 Å². The number of aromatic hydroxyl groups is 1. The molecule has 208 valence electrons. The summed E-state index contributed by atoms with van der Waals surface area (Å²) < 4.78 is 18.1. The lowest BCUT2D eigenvalue weighted by atomic mass is 10.2. The molecule has 4 heterocycles. The zero-order valence-electron chi connectivity index (χ0n) is 22.2. The van der Waals surface area contributed by atoms with Gasteiger partial charge in [0.1, 0.15) is 11.6 Å². The van der Waals surface area contributed by atoms with E-state index in [2.05, 4.69) is 20.0 Å². The van der Waals surface area contributed by atoms with Crippen molar-refractivity contribution in [3.05, 3.63) is 59.1 Å². The Balaban J connectivity index is 1.37. The Hall–Kier alpha value is -3.93. The topological polar surface area (TPSA) is 110 Å². The van der Waals surface area contributed by atoms with E-state index >= 15 is 0 Å². The molecule has 0 atom stereocenters. The lowest BCUT2D eigenvalue weighted by Crippen LogP contribution is -2.39. The summed E-state index contributed by atoms with van der Waals surface area (Å²) in [7, 11) is 1.63. The minimum Gasteiger partial charge on any atom is -0.497 e. The monoisotopic (exact) mass is 563 g/mol. The first-order chi connectivity index (χ1) is 19.6. The number of anilines is 2. The number of nitrogens with zero attached hydrogens (tertiary/aromatic N) is 7. The zero-order chi connectivity index (χ0) is 27.5. The Bertz CT molecular complexity index is 1480. The number of benzene rings is 2. The lowest BCUT2D eigenvalue weighted by molar-refractivity contribution is 0.121. The molecule has 2 aliphatic heterocycles. The summed E-state index contributed by atoms with van der Waals surface area (Å²) >= 11 is 6.35. The van der Waals surface area contributed by atoms with Crippen molar-refractivity contribution in [1.29, 1.82) is 0 Å². The second-order valence-electron chi connectivity index (χ2n) is 9.55. The largest absolute Gasteiger partial charge is 0.497 e. The van der Waals surface area contributed by atoms with E-state index in [1.807, 2.05) is 36.4 Å². The van der Waals surface area contributed by atoms with Gasteiger partial charge in [0.05, 0.1) is 45.6 Å². The summed E-state index contributed by atoms with van der Waals surface area (Å²) in [6.07, 6.45) is 0. The average Bonchev–Trinajstić information content (AvgIpc) is 3.26. The van der Waals surface area contributed by atoms with Crippen LogP contribution in [0.2, 0.25) is 5.02 Å². The molecule has 2 fully saturated rings. The van der Waals surface area contributed by atoms with E-state index in [9.17, 15) is 5.11 Å². The van der Waals surface area contributed by atoms with E-state index in [1.165, 1.54) is 0 Å². The van der Waals surface area contributed by atoms with E-state index in [4.69, 9.17) is 35.8 Å². The fourth-order valence-electron chi connectivity index (χ4n) is 4.89. The summed E-state index contributed by atoms with van der Waals surface area (Å²) in [5.41, 5.74) is 2.11. The number of methoxy groups -OCH3 is 1. The summed E-state index contributed by atoms with van der Waals surface area (Å²) in [5, 5.41) is 21.6. The molecule has 6 rings (SSSR count). The average molecular weight is 564 g/mol. The fraction of sp³-hybridized carbons (Fsp3) is 0.357. The molecule has 0 spiro atoms. The summed E-state index contributed by atoms with van der Waals surface area (Å²) in [4.78, 5) is 13.8. The van der Waals surface area contributed by atoms with Gasteiger partial charge >= 0.3 is 0 Å². The van der Waals surface area contributed by atoms with Crippen LogP contribution in [-0.4, -0.2) is 79.4 Å². The van der Waals surface area contributed by atoms with Crippen LogP contribution in [0.3, 0.4) is 0 Å². The van der Waals surface area contributed by atoms with Crippen LogP contribution in [0, 0.1) is 0 Å². The van der Waals surface area contributed by atoms with Crippen LogP contribution in [0.15, 0.2) is 58.8 Å². The van der Waals surface area contributed by atoms with Crippen molar-refractivity contribution in [1.82, 2.24) is 14.5 Å². The third-order valence-corrected chi connectivity index (χ3v) is 7.28. The van der Waals surface area contributed by atoms with Crippen molar-refractivity contribution in [2.24, 2.45) is 10.2 Å². The van der Waals surface area contributed by atoms with E-state index in [0.717, 1.165) is 35.7 Å². The second-order valence-corrected chi connectivity index (χ2v) is 9.99. The van der Waals surface area contributed by atoms with E-state index < -0.39 is 0 Å². The Morgan fingerprint density at radius 1 is 0.900 bits per heavy atom. The molecule has 12 heteroatoms. The minimum atomic E-state index is -0.00676. The van der Waals surface area contributed by atoms with Gasteiger partial charge in [-0.1, -0.05) is 23.7 Å². The van der Waals surface area contributed by atoms with E-state index in [-0.39, 0.29) is 5.88 Å². The Morgan fingerprint density at radius 3 is 2.30 bits per heavy atom. The summed E-state index contributed by atoms with van der Waals surface area (Å²) in [6.45, 7) is 5.78. The van der Waals surface area contributed by atoms with Gasteiger partial charge < -0.3 is 33.7 Å². The number of halogens is 1. The number of hydrogen-bond donors (Lipinski definition) is 1. The molecule has 2 aliphatic rings. The van der Waals surface area contributed by atoms with Crippen LogP contribution in [0.1, 0.15) is 5.56 Å². The molecule has 0 amide bonds. The maximum Gasteiger partial charge on any atom is 0.229 e.